The fourth-order valence-electron chi connectivity index (χ4n) is 3.19. The van der Waals surface area contributed by atoms with Crippen LogP contribution in [0, 0.1) is 0 Å². The summed E-state index contributed by atoms with van der Waals surface area (Å²) < 4.78 is 0. The van der Waals surface area contributed by atoms with Gasteiger partial charge in [0.2, 0.25) is 0 Å². The number of aliphatic hydroxyl groups excluding tert-OH is 2. The maximum absolute atomic E-state index is 12.4. The van der Waals surface area contributed by atoms with Crippen molar-refractivity contribution in [3.8, 4) is 0 Å². The summed E-state index contributed by atoms with van der Waals surface area (Å²) >= 11 is 7.68. The topological polar surface area (TPSA) is 89.9 Å². The lowest BCUT2D eigenvalue weighted by molar-refractivity contribution is -0.152. The summed E-state index contributed by atoms with van der Waals surface area (Å²) in [4.78, 5) is 26.8. The van der Waals surface area contributed by atoms with E-state index in [1.807, 2.05) is 66.0 Å². The third-order valence-electron chi connectivity index (χ3n) is 4.96. The van der Waals surface area contributed by atoms with Gasteiger partial charge in [0.1, 0.15) is 0 Å². The van der Waals surface area contributed by atoms with Gasteiger partial charge in [-0.15, -0.1) is 11.3 Å². The van der Waals surface area contributed by atoms with Crippen LogP contribution in [0.4, 0.5) is 0 Å². The summed E-state index contributed by atoms with van der Waals surface area (Å²) in [5.74, 6) is -1.53. The van der Waals surface area contributed by atoms with E-state index in [2.05, 4.69) is 5.32 Å². The average molecular weight is 473 g/mol. The van der Waals surface area contributed by atoms with E-state index >= 15 is 0 Å². The van der Waals surface area contributed by atoms with Crippen molar-refractivity contribution in [2.45, 2.75) is 31.7 Å². The number of halogens is 1. The van der Waals surface area contributed by atoms with Gasteiger partial charge in [-0.25, -0.2) is 0 Å². The molecule has 1 heterocycles. The van der Waals surface area contributed by atoms with Gasteiger partial charge >= 0.3 is 0 Å². The first-order valence-corrected chi connectivity index (χ1v) is 11.3. The van der Waals surface area contributed by atoms with Crippen molar-refractivity contribution in [1.29, 1.82) is 0 Å². The predicted octanol–water partition coefficient (Wildman–Crippen LogP) is 2.99. The Bertz CT molecular complexity index is 1060. The first-order valence-electron chi connectivity index (χ1n) is 10.1. The minimum atomic E-state index is -1.86. The summed E-state index contributed by atoms with van der Waals surface area (Å²) in [5, 5.41) is 25.6. The number of nitrogens with zero attached hydrogens (tertiary/aromatic N) is 1. The largest absolute Gasteiger partial charge is 0.380 e. The molecule has 0 saturated heterocycles. The second-order valence-electron chi connectivity index (χ2n) is 7.48. The van der Waals surface area contributed by atoms with Crippen LogP contribution in [0.25, 0.3) is 0 Å². The van der Waals surface area contributed by atoms with Crippen molar-refractivity contribution < 1.29 is 19.8 Å². The number of nitrogens with one attached hydrogen (secondary N) is 1. The number of carbonyl (C=O) groups is 2. The van der Waals surface area contributed by atoms with Crippen LogP contribution in [-0.4, -0.2) is 46.2 Å². The van der Waals surface area contributed by atoms with Gasteiger partial charge in [-0.05, 0) is 40.6 Å². The zero-order valence-electron chi connectivity index (χ0n) is 17.6. The number of hydrogen-bond donors (Lipinski definition) is 3. The number of amides is 2. The second kappa shape index (κ2) is 11.2. The molecule has 0 unspecified atom stereocenters. The summed E-state index contributed by atoms with van der Waals surface area (Å²) in [6.07, 6.45) is -3.03. The Labute approximate surface area is 196 Å². The number of likely N-dealkylation sites (N-methyl/N-ethyl adjacent to an activating group) is 1. The SMILES string of the molecule is CN(Cc1ccccc1)C(=O)[C@H](O)[C@@H](O)C(=O)NCc1cc(Cc2ccccc2Cl)cs1. The highest BCUT2D eigenvalue weighted by molar-refractivity contribution is 7.10. The van der Waals surface area contributed by atoms with Crippen LogP contribution in [0.5, 0.6) is 0 Å². The molecule has 6 nitrogen and oxygen atoms in total. The molecule has 0 fully saturated rings. The Hall–Kier alpha value is -2.71. The van der Waals surface area contributed by atoms with Crippen LogP contribution >= 0.6 is 22.9 Å². The van der Waals surface area contributed by atoms with E-state index in [-0.39, 0.29) is 13.1 Å². The molecular formula is C24H25ClN2O4S. The number of benzene rings is 2. The van der Waals surface area contributed by atoms with Crippen LogP contribution in [0.2, 0.25) is 5.02 Å². The fourth-order valence-corrected chi connectivity index (χ4v) is 4.22. The van der Waals surface area contributed by atoms with E-state index in [1.165, 1.54) is 23.3 Å². The Morgan fingerprint density at radius 1 is 1.03 bits per heavy atom. The van der Waals surface area contributed by atoms with E-state index < -0.39 is 24.0 Å². The van der Waals surface area contributed by atoms with Gasteiger partial charge in [0.15, 0.2) is 12.2 Å². The highest BCUT2D eigenvalue weighted by Crippen LogP contribution is 2.22. The normalized spacial score (nSPS) is 12.8. The minimum Gasteiger partial charge on any atom is -0.380 e. The molecule has 0 saturated carbocycles. The van der Waals surface area contributed by atoms with Crippen molar-refractivity contribution in [2.24, 2.45) is 0 Å². The molecule has 0 radical (unpaired) electrons. The number of thiophene rings is 1. The molecular weight excluding hydrogens is 448 g/mol. The molecule has 8 heteroatoms. The molecule has 168 valence electrons. The molecule has 0 aliphatic carbocycles. The molecule has 0 aliphatic heterocycles. The minimum absolute atomic E-state index is 0.184. The standard InChI is InChI=1S/C24H25ClN2O4S/c1-27(14-16-7-3-2-4-8-16)24(31)22(29)21(28)23(30)26-13-19-12-17(15-32-19)11-18-9-5-6-10-20(18)25/h2-10,12,15,21-22,28-29H,11,13-14H2,1H3,(H,26,30)/t21-,22-/m1/s1. The molecule has 0 aliphatic rings. The van der Waals surface area contributed by atoms with Crippen molar-refractivity contribution in [3.05, 3.63) is 92.6 Å². The molecule has 3 N–H and O–H groups in total. The Morgan fingerprint density at radius 3 is 2.44 bits per heavy atom. The van der Waals surface area contributed by atoms with Crippen LogP contribution in [0.1, 0.15) is 21.6 Å². The van der Waals surface area contributed by atoms with E-state index in [4.69, 9.17) is 11.6 Å². The average Bonchev–Trinajstić information content (AvgIpc) is 3.25. The smallest absolute Gasteiger partial charge is 0.254 e. The molecule has 3 aromatic rings. The molecule has 1 aromatic heterocycles. The molecule has 2 amide bonds. The molecule has 3 rings (SSSR count). The summed E-state index contributed by atoms with van der Waals surface area (Å²) in [5.41, 5.74) is 2.95. The molecule has 2 aromatic carbocycles. The third-order valence-corrected chi connectivity index (χ3v) is 6.31. The van der Waals surface area contributed by atoms with Crippen molar-refractivity contribution in [1.82, 2.24) is 10.2 Å². The highest BCUT2D eigenvalue weighted by atomic mass is 35.5. The molecule has 32 heavy (non-hydrogen) atoms. The maximum atomic E-state index is 12.4. The highest BCUT2D eigenvalue weighted by Gasteiger charge is 2.32. The lowest BCUT2D eigenvalue weighted by Gasteiger charge is -2.23. The third kappa shape index (κ3) is 6.40. The van der Waals surface area contributed by atoms with E-state index in [0.29, 0.717) is 11.4 Å². The second-order valence-corrected chi connectivity index (χ2v) is 8.88. The zero-order chi connectivity index (χ0) is 23.1. The van der Waals surface area contributed by atoms with Crippen LogP contribution < -0.4 is 5.32 Å². The number of aliphatic hydroxyl groups is 2. The lowest BCUT2D eigenvalue weighted by Crippen LogP contribution is -2.49. The summed E-state index contributed by atoms with van der Waals surface area (Å²) in [6.45, 7) is 0.443. The zero-order valence-corrected chi connectivity index (χ0v) is 19.1. The lowest BCUT2D eigenvalue weighted by atomic mass is 10.1. The van der Waals surface area contributed by atoms with Gasteiger partial charge in [0, 0.05) is 23.5 Å². The van der Waals surface area contributed by atoms with Gasteiger partial charge < -0.3 is 20.4 Å². The van der Waals surface area contributed by atoms with Crippen molar-refractivity contribution in [3.63, 3.8) is 0 Å². The molecule has 0 bridgehead atoms. The Morgan fingerprint density at radius 2 is 1.72 bits per heavy atom. The van der Waals surface area contributed by atoms with Gasteiger partial charge in [-0.1, -0.05) is 60.1 Å². The first-order chi connectivity index (χ1) is 15.3. The maximum Gasteiger partial charge on any atom is 0.254 e. The first kappa shape index (κ1) is 23.9. The number of carbonyl (C=O) groups excluding carboxylic acids is 2. The summed E-state index contributed by atoms with van der Waals surface area (Å²) in [6, 6.07) is 18.8. The van der Waals surface area contributed by atoms with Crippen molar-refractivity contribution >= 4 is 34.8 Å². The van der Waals surface area contributed by atoms with Gasteiger partial charge in [0.25, 0.3) is 11.8 Å². The van der Waals surface area contributed by atoms with E-state index in [9.17, 15) is 19.8 Å². The quantitative estimate of drug-likeness (QED) is 0.446. The molecule has 2 atom stereocenters. The Balaban J connectivity index is 1.50. The van der Waals surface area contributed by atoms with E-state index in [1.54, 1.807) is 0 Å². The van der Waals surface area contributed by atoms with Crippen molar-refractivity contribution in [2.75, 3.05) is 7.05 Å². The number of hydrogen-bond acceptors (Lipinski definition) is 5. The molecule has 0 spiro atoms. The van der Waals surface area contributed by atoms with Crippen LogP contribution in [0.3, 0.4) is 0 Å². The van der Waals surface area contributed by atoms with Crippen LogP contribution in [-0.2, 0) is 29.1 Å². The number of rotatable bonds is 9. The van der Waals surface area contributed by atoms with Crippen LogP contribution in [0.15, 0.2) is 66.0 Å². The van der Waals surface area contributed by atoms with Gasteiger partial charge in [0.05, 0.1) is 6.54 Å². The Kier molecular flexibility index (Phi) is 8.41. The van der Waals surface area contributed by atoms with Gasteiger partial charge in [-0.3, -0.25) is 9.59 Å². The fraction of sp³-hybridized carbons (Fsp3) is 0.250. The van der Waals surface area contributed by atoms with Gasteiger partial charge in [-0.2, -0.15) is 0 Å². The predicted molar refractivity (Wildman–Crippen MR) is 125 cm³/mol. The van der Waals surface area contributed by atoms with E-state index in [0.717, 1.165) is 21.6 Å². The summed E-state index contributed by atoms with van der Waals surface area (Å²) in [7, 11) is 1.51. The monoisotopic (exact) mass is 472 g/mol.